The number of carbonyl (C=O) groups is 1. The van der Waals surface area contributed by atoms with E-state index in [9.17, 15) is 4.79 Å². The van der Waals surface area contributed by atoms with Crippen molar-refractivity contribution >= 4 is 5.91 Å². The van der Waals surface area contributed by atoms with Crippen molar-refractivity contribution in [1.82, 2.24) is 15.5 Å². The van der Waals surface area contributed by atoms with Gasteiger partial charge in [0.05, 0.1) is 6.54 Å². The summed E-state index contributed by atoms with van der Waals surface area (Å²) in [6.45, 7) is 10.1. The highest BCUT2D eigenvalue weighted by Gasteiger charge is 2.18. The molecule has 21 heavy (non-hydrogen) atoms. The Bertz CT molecular complexity index is 277. The first kappa shape index (κ1) is 18.4. The van der Waals surface area contributed by atoms with E-state index in [0.717, 1.165) is 26.1 Å². The van der Waals surface area contributed by atoms with Crippen LogP contribution in [0, 0.1) is 0 Å². The van der Waals surface area contributed by atoms with Crippen LogP contribution >= 0.6 is 0 Å². The van der Waals surface area contributed by atoms with E-state index in [0.29, 0.717) is 18.6 Å². The Labute approximate surface area is 131 Å². The number of piperidine rings is 1. The van der Waals surface area contributed by atoms with Gasteiger partial charge in [-0.05, 0) is 39.3 Å². The quantitative estimate of drug-likeness (QED) is 0.609. The van der Waals surface area contributed by atoms with E-state index in [1.165, 1.54) is 38.5 Å². The van der Waals surface area contributed by atoms with E-state index in [2.05, 4.69) is 36.3 Å². The Hall–Kier alpha value is -0.610. The minimum absolute atomic E-state index is 0.177. The molecule has 0 saturated carbocycles. The van der Waals surface area contributed by atoms with Gasteiger partial charge in [-0.2, -0.15) is 0 Å². The summed E-state index contributed by atoms with van der Waals surface area (Å²) >= 11 is 0. The molecule has 2 N–H and O–H groups in total. The third-order valence-electron chi connectivity index (χ3n) is 4.35. The van der Waals surface area contributed by atoms with Gasteiger partial charge in [0.2, 0.25) is 5.91 Å². The fourth-order valence-electron chi connectivity index (χ4n) is 2.99. The lowest BCUT2D eigenvalue weighted by atomic mass is 10.0. The van der Waals surface area contributed by atoms with Gasteiger partial charge in [-0.15, -0.1) is 0 Å². The Morgan fingerprint density at radius 2 is 2.14 bits per heavy atom. The highest BCUT2D eigenvalue weighted by molar-refractivity contribution is 5.78. The molecule has 0 aromatic carbocycles. The summed E-state index contributed by atoms with van der Waals surface area (Å²) in [4.78, 5) is 14.4. The molecule has 1 heterocycles. The molecule has 2 atom stereocenters. The molecule has 0 aliphatic carbocycles. The van der Waals surface area contributed by atoms with Crippen molar-refractivity contribution in [3.8, 4) is 0 Å². The minimum Gasteiger partial charge on any atom is -0.353 e. The smallest absolute Gasteiger partial charge is 0.234 e. The second-order valence-corrected chi connectivity index (χ2v) is 6.44. The number of unbranched alkanes of at least 4 members (excludes halogenated alkanes) is 2. The van der Waals surface area contributed by atoms with Crippen LogP contribution in [0.3, 0.4) is 0 Å². The topological polar surface area (TPSA) is 44.4 Å². The van der Waals surface area contributed by atoms with E-state index in [-0.39, 0.29) is 5.91 Å². The number of hydrogen-bond donors (Lipinski definition) is 2. The van der Waals surface area contributed by atoms with Gasteiger partial charge >= 0.3 is 0 Å². The zero-order valence-electron chi connectivity index (χ0n) is 14.3. The Balaban J connectivity index is 2.22. The molecule has 4 heteroatoms. The predicted molar refractivity (Wildman–Crippen MR) is 89.5 cm³/mol. The number of rotatable bonds is 10. The number of carbonyl (C=O) groups excluding carboxylic acids is 1. The summed E-state index contributed by atoms with van der Waals surface area (Å²) in [7, 11) is 0. The molecule has 0 spiro atoms. The molecule has 0 radical (unpaired) electrons. The third kappa shape index (κ3) is 8.42. The van der Waals surface area contributed by atoms with Crippen LogP contribution in [0.4, 0.5) is 0 Å². The van der Waals surface area contributed by atoms with Crippen LogP contribution < -0.4 is 10.6 Å². The summed E-state index contributed by atoms with van der Waals surface area (Å²) < 4.78 is 0. The van der Waals surface area contributed by atoms with E-state index in [1.54, 1.807) is 0 Å². The Kier molecular flexibility index (Phi) is 9.68. The second kappa shape index (κ2) is 11.0. The lowest BCUT2D eigenvalue weighted by Gasteiger charge is -2.29. The average molecular weight is 297 g/mol. The molecule has 2 unspecified atom stereocenters. The van der Waals surface area contributed by atoms with Gasteiger partial charge in [-0.1, -0.05) is 39.5 Å². The van der Waals surface area contributed by atoms with E-state index in [4.69, 9.17) is 0 Å². The third-order valence-corrected chi connectivity index (χ3v) is 4.35. The maximum atomic E-state index is 12.1. The van der Waals surface area contributed by atoms with Crippen molar-refractivity contribution in [3.63, 3.8) is 0 Å². The molecular weight excluding hydrogens is 262 g/mol. The van der Waals surface area contributed by atoms with Crippen molar-refractivity contribution in [3.05, 3.63) is 0 Å². The molecule has 1 aliphatic heterocycles. The molecule has 1 rings (SSSR count). The van der Waals surface area contributed by atoms with Crippen molar-refractivity contribution < 1.29 is 4.79 Å². The van der Waals surface area contributed by atoms with Gasteiger partial charge in [0.15, 0.2) is 0 Å². The Morgan fingerprint density at radius 3 is 2.76 bits per heavy atom. The lowest BCUT2D eigenvalue weighted by Crippen LogP contribution is -2.47. The maximum Gasteiger partial charge on any atom is 0.234 e. The predicted octanol–water partition coefficient (Wildman–Crippen LogP) is 2.54. The average Bonchev–Trinajstić information content (AvgIpc) is 2.47. The number of nitrogens with zero attached hydrogens (tertiary/aromatic N) is 1. The molecule has 1 aliphatic rings. The lowest BCUT2D eigenvalue weighted by molar-refractivity contribution is -0.122. The zero-order chi connectivity index (χ0) is 15.5. The number of nitrogens with one attached hydrogen (secondary N) is 2. The van der Waals surface area contributed by atoms with Gasteiger partial charge in [0.25, 0.3) is 0 Å². The van der Waals surface area contributed by atoms with Gasteiger partial charge in [-0.25, -0.2) is 0 Å². The maximum absolute atomic E-state index is 12.1. The summed E-state index contributed by atoms with van der Waals surface area (Å²) in [6.07, 6.45) is 8.64. The van der Waals surface area contributed by atoms with E-state index in [1.807, 2.05) is 0 Å². The monoisotopic (exact) mass is 297 g/mol. The number of hydrogen-bond acceptors (Lipinski definition) is 3. The van der Waals surface area contributed by atoms with Gasteiger partial charge < -0.3 is 10.6 Å². The zero-order valence-corrected chi connectivity index (χ0v) is 14.3. The first-order chi connectivity index (χ1) is 10.2. The largest absolute Gasteiger partial charge is 0.353 e. The van der Waals surface area contributed by atoms with E-state index < -0.39 is 0 Å². The summed E-state index contributed by atoms with van der Waals surface area (Å²) in [5.74, 6) is 0.177. The molecule has 1 saturated heterocycles. The molecule has 0 aromatic rings. The minimum atomic E-state index is 0.177. The first-order valence-corrected chi connectivity index (χ1v) is 8.90. The summed E-state index contributed by atoms with van der Waals surface area (Å²) in [5, 5.41) is 6.70. The van der Waals surface area contributed by atoms with Gasteiger partial charge in [-0.3, -0.25) is 9.69 Å². The molecule has 1 amide bonds. The van der Waals surface area contributed by atoms with Crippen LogP contribution in [0.1, 0.15) is 65.7 Å². The summed E-state index contributed by atoms with van der Waals surface area (Å²) in [6, 6.07) is 0.865. The normalized spacial score (nSPS) is 20.5. The van der Waals surface area contributed by atoms with Crippen LogP contribution in [-0.2, 0) is 4.79 Å². The van der Waals surface area contributed by atoms with Crippen LogP contribution in [0.25, 0.3) is 0 Å². The SMILES string of the molecule is CCCCCC(C)NC(=O)CN(CC)CC1CCCCN1. The van der Waals surface area contributed by atoms with Crippen LogP contribution in [0.15, 0.2) is 0 Å². The van der Waals surface area contributed by atoms with Gasteiger partial charge in [0.1, 0.15) is 0 Å². The Morgan fingerprint density at radius 1 is 1.33 bits per heavy atom. The van der Waals surface area contributed by atoms with Crippen molar-refractivity contribution in [2.45, 2.75) is 77.8 Å². The highest BCUT2D eigenvalue weighted by atomic mass is 16.2. The molecule has 0 bridgehead atoms. The number of likely N-dealkylation sites (N-methyl/N-ethyl adjacent to an activating group) is 1. The fraction of sp³-hybridized carbons (Fsp3) is 0.941. The van der Waals surface area contributed by atoms with Gasteiger partial charge in [0, 0.05) is 18.6 Å². The van der Waals surface area contributed by atoms with Crippen molar-refractivity contribution in [1.29, 1.82) is 0 Å². The summed E-state index contributed by atoms with van der Waals surface area (Å²) in [5.41, 5.74) is 0. The molecule has 4 nitrogen and oxygen atoms in total. The standard InChI is InChI=1S/C17H35N3O/c1-4-6-7-10-15(3)19-17(21)14-20(5-2)13-16-11-8-9-12-18-16/h15-16,18H,4-14H2,1-3H3,(H,19,21). The van der Waals surface area contributed by atoms with Crippen LogP contribution in [-0.4, -0.2) is 49.1 Å². The molecule has 124 valence electrons. The number of amides is 1. The highest BCUT2D eigenvalue weighted by Crippen LogP contribution is 2.08. The van der Waals surface area contributed by atoms with Crippen LogP contribution in [0.2, 0.25) is 0 Å². The second-order valence-electron chi connectivity index (χ2n) is 6.44. The first-order valence-electron chi connectivity index (χ1n) is 8.90. The van der Waals surface area contributed by atoms with E-state index >= 15 is 0 Å². The molecule has 1 fully saturated rings. The van der Waals surface area contributed by atoms with Crippen LogP contribution in [0.5, 0.6) is 0 Å². The van der Waals surface area contributed by atoms with Crippen molar-refractivity contribution in [2.75, 3.05) is 26.2 Å². The molecule has 0 aromatic heterocycles. The van der Waals surface area contributed by atoms with Crippen molar-refractivity contribution in [2.24, 2.45) is 0 Å². The fourth-order valence-corrected chi connectivity index (χ4v) is 2.99. The molecular formula is C17H35N3O.